The van der Waals surface area contributed by atoms with Crippen LogP contribution in [-0.4, -0.2) is 153 Å². The van der Waals surface area contributed by atoms with Gasteiger partial charge in [-0.2, -0.15) is 5.10 Å². The minimum absolute atomic E-state index is 0.135. The summed E-state index contributed by atoms with van der Waals surface area (Å²) in [6, 6.07) is 23.5. The van der Waals surface area contributed by atoms with Crippen molar-refractivity contribution in [3.05, 3.63) is 90.3 Å². The molecule has 17 heteroatoms. The first kappa shape index (κ1) is 45.8. The van der Waals surface area contributed by atoms with Crippen molar-refractivity contribution in [2.45, 2.75) is 76.4 Å². The number of amides is 5. The van der Waals surface area contributed by atoms with Gasteiger partial charge in [-0.15, -0.1) is 0 Å². The molecule has 0 spiro atoms. The molecule has 0 bridgehead atoms. The first-order chi connectivity index (χ1) is 34.2. The van der Waals surface area contributed by atoms with Crippen LogP contribution in [0.15, 0.2) is 79.1 Å². The average Bonchev–Trinajstić information content (AvgIpc) is 3.95. The van der Waals surface area contributed by atoms with E-state index in [0.717, 1.165) is 169 Å². The zero-order valence-electron chi connectivity index (χ0n) is 40.0. The Hall–Kier alpha value is -6.59. The number of rotatable bonds is 11. The van der Waals surface area contributed by atoms with Crippen LogP contribution < -0.4 is 20.7 Å². The minimum atomic E-state index is -0.600. The van der Waals surface area contributed by atoms with Crippen molar-refractivity contribution in [3.63, 3.8) is 0 Å². The number of nitrogens with two attached hydrogens (primary N) is 1. The second kappa shape index (κ2) is 20.0. The molecule has 0 saturated carbocycles. The lowest BCUT2D eigenvalue weighted by Gasteiger charge is -2.41. The van der Waals surface area contributed by atoms with E-state index in [-0.39, 0.29) is 36.2 Å². The number of nitrogen functional groups attached to an aromatic ring is 1. The van der Waals surface area contributed by atoms with Gasteiger partial charge in [0.2, 0.25) is 11.8 Å². The van der Waals surface area contributed by atoms with Crippen molar-refractivity contribution in [1.82, 2.24) is 49.6 Å². The number of imide groups is 1. The molecule has 2 aromatic heterocycles. The van der Waals surface area contributed by atoms with Crippen LogP contribution in [0, 0.1) is 11.8 Å². The van der Waals surface area contributed by atoms with Crippen LogP contribution in [0.25, 0.3) is 22.3 Å². The number of hydrogen-bond acceptors (Lipinski definition) is 12. The van der Waals surface area contributed by atoms with E-state index in [1.54, 1.807) is 4.90 Å². The Balaban J connectivity index is 0.608. The lowest BCUT2D eigenvalue weighted by molar-refractivity contribution is -0.136. The van der Waals surface area contributed by atoms with Crippen molar-refractivity contribution < 1.29 is 23.9 Å². The van der Waals surface area contributed by atoms with Crippen LogP contribution in [0.2, 0.25) is 0 Å². The number of anilines is 2. The number of fused-ring (bicyclic) bond motifs is 2. The van der Waals surface area contributed by atoms with Gasteiger partial charge in [0.1, 0.15) is 35.4 Å². The predicted octanol–water partition coefficient (Wildman–Crippen LogP) is 6.02. The van der Waals surface area contributed by atoms with Crippen LogP contribution in [-0.2, 0) is 16.1 Å². The minimum Gasteiger partial charge on any atom is -0.457 e. The number of carbonyl (C=O) groups is 4. The van der Waals surface area contributed by atoms with Gasteiger partial charge in [0.15, 0.2) is 5.65 Å². The van der Waals surface area contributed by atoms with Crippen LogP contribution in [0.1, 0.15) is 79.8 Å². The average molecular weight is 949 g/mol. The van der Waals surface area contributed by atoms with Gasteiger partial charge < -0.3 is 35.0 Å². The lowest BCUT2D eigenvalue weighted by Crippen LogP contribution is -2.52. The van der Waals surface area contributed by atoms with E-state index in [1.807, 2.05) is 66.7 Å². The molecule has 0 radical (unpaired) electrons. The van der Waals surface area contributed by atoms with Crippen molar-refractivity contribution in [2.75, 3.05) is 89.2 Å². The molecule has 5 amide bonds. The van der Waals surface area contributed by atoms with E-state index in [2.05, 4.69) is 45.5 Å². The molecule has 5 saturated heterocycles. The lowest BCUT2D eigenvalue weighted by atomic mass is 9.93. The number of benzene rings is 3. The van der Waals surface area contributed by atoms with Crippen LogP contribution in [0.4, 0.5) is 16.3 Å². The van der Waals surface area contributed by atoms with Gasteiger partial charge in [-0.25, -0.2) is 19.4 Å². The molecule has 3 aromatic carbocycles. The monoisotopic (exact) mass is 949 g/mol. The highest BCUT2D eigenvalue weighted by atomic mass is 16.5. The number of nitrogens with zero attached hydrogens (tertiary/aromatic N) is 10. The zero-order valence-corrected chi connectivity index (χ0v) is 40.0. The molecule has 5 aromatic rings. The van der Waals surface area contributed by atoms with E-state index < -0.39 is 6.04 Å². The standard InChI is InChI=1S/C53H64N12O5/c54-49-47-48(38-8-11-43(12-9-38)70-42-6-2-1-3-7-42)58-65(50(47)56-35-55-49)41-5-4-21-60(34-41)32-37-19-25-63(26-20-37)53(69)62-23-17-36(18-24-62)16-22-59-27-29-61(30-28-59)40-10-13-44-39(31-40)33-64(52(44)68)45-14-15-46(66)57-51(45)67/h1-3,6-13,31,35-37,41,45H,4-5,14-30,32-34H2,(H2,54,55,56)(H,57,66,67)/t41-,45?/m1/s1. The Morgan fingerprint density at radius 3 is 2.23 bits per heavy atom. The summed E-state index contributed by atoms with van der Waals surface area (Å²) in [5, 5.41) is 8.34. The third kappa shape index (κ3) is 9.65. The van der Waals surface area contributed by atoms with E-state index in [4.69, 9.17) is 20.6 Å². The van der Waals surface area contributed by atoms with Crippen molar-refractivity contribution >= 4 is 46.3 Å². The molecule has 6 aliphatic heterocycles. The summed E-state index contributed by atoms with van der Waals surface area (Å²) >= 11 is 0. The van der Waals surface area contributed by atoms with E-state index in [9.17, 15) is 19.2 Å². The highest BCUT2D eigenvalue weighted by Crippen LogP contribution is 2.36. The van der Waals surface area contributed by atoms with Crippen molar-refractivity contribution in [3.8, 4) is 22.8 Å². The van der Waals surface area contributed by atoms with Crippen LogP contribution in [0.5, 0.6) is 11.5 Å². The third-order valence-electron chi connectivity index (χ3n) is 15.8. The second-order valence-corrected chi connectivity index (χ2v) is 20.2. The zero-order chi connectivity index (χ0) is 47.7. The molecule has 1 unspecified atom stereocenters. The van der Waals surface area contributed by atoms with Gasteiger partial charge in [0.25, 0.3) is 5.91 Å². The largest absolute Gasteiger partial charge is 0.457 e. The van der Waals surface area contributed by atoms with E-state index in [1.165, 1.54) is 6.33 Å². The van der Waals surface area contributed by atoms with E-state index >= 15 is 0 Å². The first-order valence-corrected chi connectivity index (χ1v) is 25.5. The molecule has 2 atom stereocenters. The maximum absolute atomic E-state index is 13.8. The number of piperazine rings is 1. The molecule has 366 valence electrons. The number of aromatic nitrogens is 4. The third-order valence-corrected chi connectivity index (χ3v) is 15.8. The second-order valence-electron chi connectivity index (χ2n) is 20.2. The first-order valence-electron chi connectivity index (χ1n) is 25.5. The number of para-hydroxylation sites is 1. The molecule has 17 nitrogen and oxygen atoms in total. The Labute approximate surface area is 408 Å². The summed E-state index contributed by atoms with van der Waals surface area (Å²) in [5.74, 6) is 2.35. The summed E-state index contributed by atoms with van der Waals surface area (Å²) in [5.41, 5.74) is 11.7. The maximum atomic E-state index is 13.8. The van der Waals surface area contributed by atoms with Crippen molar-refractivity contribution in [1.29, 1.82) is 0 Å². The highest BCUT2D eigenvalue weighted by Gasteiger charge is 2.40. The van der Waals surface area contributed by atoms with Gasteiger partial charge in [-0.05, 0) is 136 Å². The molecular formula is C53H64N12O5. The van der Waals surface area contributed by atoms with Gasteiger partial charge in [0.05, 0.1) is 11.4 Å². The SMILES string of the molecule is Nc1ncnc2c1c(-c1ccc(Oc3ccccc3)cc1)nn2[C@@H]1CCCN(CC2CCN(C(=O)N3CCC(CCN4CCN(c5ccc6c(c5)CN(C5CCC(=O)NC5=O)C6=O)CC4)CC3)CC2)C1. The number of piperidine rings is 4. The Morgan fingerprint density at radius 1 is 0.757 bits per heavy atom. The fourth-order valence-electron chi connectivity index (χ4n) is 11.8. The number of nitrogens with one attached hydrogen (secondary N) is 1. The van der Waals surface area contributed by atoms with Gasteiger partial charge in [0, 0.05) is 95.2 Å². The van der Waals surface area contributed by atoms with Crippen LogP contribution in [0.3, 0.4) is 0 Å². The molecule has 70 heavy (non-hydrogen) atoms. The normalized spacial score (nSPS) is 22.2. The molecule has 11 rings (SSSR count). The summed E-state index contributed by atoms with van der Waals surface area (Å²) in [7, 11) is 0. The number of carbonyl (C=O) groups excluding carboxylic acids is 4. The summed E-state index contributed by atoms with van der Waals surface area (Å²) in [4.78, 5) is 73.5. The fourth-order valence-corrected chi connectivity index (χ4v) is 11.8. The Morgan fingerprint density at radius 2 is 1.49 bits per heavy atom. The summed E-state index contributed by atoms with van der Waals surface area (Å²) in [6.45, 7) is 11.6. The molecular weight excluding hydrogens is 885 g/mol. The van der Waals surface area contributed by atoms with Gasteiger partial charge >= 0.3 is 6.03 Å². The molecule has 5 fully saturated rings. The Bertz CT molecular complexity index is 2710. The Kier molecular flexibility index (Phi) is 13.1. The highest BCUT2D eigenvalue weighted by molar-refractivity contribution is 6.05. The maximum Gasteiger partial charge on any atom is 0.319 e. The summed E-state index contributed by atoms with van der Waals surface area (Å²) in [6.07, 6.45) is 9.56. The van der Waals surface area contributed by atoms with Crippen LogP contribution >= 0.6 is 0 Å². The quantitative estimate of drug-likeness (QED) is 0.147. The predicted molar refractivity (Wildman–Crippen MR) is 266 cm³/mol. The number of urea groups is 1. The van der Waals surface area contributed by atoms with Gasteiger partial charge in [-0.3, -0.25) is 24.6 Å². The van der Waals surface area contributed by atoms with E-state index in [0.29, 0.717) is 36.2 Å². The topological polar surface area (TPSA) is 179 Å². The number of ether oxygens (including phenoxy) is 1. The number of hydrogen-bond donors (Lipinski definition) is 2. The number of likely N-dealkylation sites (tertiary alicyclic amines) is 3. The smallest absolute Gasteiger partial charge is 0.319 e. The molecule has 8 heterocycles. The van der Waals surface area contributed by atoms with Gasteiger partial charge in [-0.1, -0.05) is 18.2 Å². The molecule has 6 aliphatic rings. The molecule has 0 aliphatic carbocycles. The molecule has 3 N–H and O–H groups in total. The summed E-state index contributed by atoms with van der Waals surface area (Å²) < 4.78 is 8.12. The fraction of sp³-hybridized carbons (Fsp3) is 0.491. The van der Waals surface area contributed by atoms with Crippen molar-refractivity contribution in [2.24, 2.45) is 11.8 Å².